The summed E-state index contributed by atoms with van der Waals surface area (Å²) >= 11 is 0. The smallest absolute Gasteiger partial charge is 0.0208 e. The van der Waals surface area contributed by atoms with Gasteiger partial charge in [0.2, 0.25) is 0 Å². The van der Waals surface area contributed by atoms with Crippen molar-refractivity contribution in [1.29, 1.82) is 0 Å². The van der Waals surface area contributed by atoms with Crippen molar-refractivity contribution in [3.63, 3.8) is 0 Å². The molecule has 0 fully saturated rings. The molecule has 0 aliphatic carbocycles. The average molecular weight is 267 g/mol. The van der Waals surface area contributed by atoms with Crippen LogP contribution in [-0.2, 0) is 6.54 Å². The van der Waals surface area contributed by atoms with E-state index in [9.17, 15) is 0 Å². The van der Waals surface area contributed by atoms with E-state index >= 15 is 0 Å². The number of hydrogen-bond acceptors (Lipinski definition) is 1. The standard InChI is InChI=1S/C19H25N/c1-15-9-10-19(17(3)13-15)14-20-12-11-16(2)18-7-5-4-6-8-18/h4-10,13,16,20H,11-12,14H2,1-3H3. The summed E-state index contributed by atoms with van der Waals surface area (Å²) in [6, 6.07) is 17.4. The number of rotatable bonds is 6. The molecule has 0 saturated carbocycles. The Balaban J connectivity index is 1.76. The van der Waals surface area contributed by atoms with Crippen LogP contribution in [0.5, 0.6) is 0 Å². The van der Waals surface area contributed by atoms with Crippen LogP contribution in [0.1, 0.15) is 41.5 Å². The number of benzene rings is 2. The highest BCUT2D eigenvalue weighted by atomic mass is 14.8. The predicted molar refractivity (Wildman–Crippen MR) is 87.1 cm³/mol. The van der Waals surface area contributed by atoms with Gasteiger partial charge in [0.05, 0.1) is 0 Å². The Morgan fingerprint density at radius 2 is 1.75 bits per heavy atom. The fourth-order valence-corrected chi connectivity index (χ4v) is 2.53. The van der Waals surface area contributed by atoms with E-state index in [1.54, 1.807) is 0 Å². The topological polar surface area (TPSA) is 12.0 Å². The van der Waals surface area contributed by atoms with Gasteiger partial charge in [0, 0.05) is 6.54 Å². The van der Waals surface area contributed by atoms with Gasteiger partial charge in [-0.05, 0) is 49.4 Å². The van der Waals surface area contributed by atoms with Crippen molar-refractivity contribution in [2.45, 2.75) is 39.7 Å². The van der Waals surface area contributed by atoms with Gasteiger partial charge in [-0.3, -0.25) is 0 Å². The fourth-order valence-electron chi connectivity index (χ4n) is 2.53. The zero-order valence-electron chi connectivity index (χ0n) is 12.8. The first kappa shape index (κ1) is 14.8. The van der Waals surface area contributed by atoms with Gasteiger partial charge >= 0.3 is 0 Å². The number of hydrogen-bond donors (Lipinski definition) is 1. The Bertz CT molecular complexity index is 531. The molecule has 0 amide bonds. The third-order valence-corrected chi connectivity index (χ3v) is 3.94. The van der Waals surface area contributed by atoms with E-state index in [0.29, 0.717) is 5.92 Å². The van der Waals surface area contributed by atoms with Gasteiger partial charge in [0.15, 0.2) is 0 Å². The minimum atomic E-state index is 0.614. The van der Waals surface area contributed by atoms with Crippen LogP contribution in [0.2, 0.25) is 0 Å². The van der Waals surface area contributed by atoms with Crippen molar-refractivity contribution < 1.29 is 0 Å². The largest absolute Gasteiger partial charge is 0.313 e. The highest BCUT2D eigenvalue weighted by Gasteiger charge is 2.04. The first-order chi connectivity index (χ1) is 9.66. The minimum absolute atomic E-state index is 0.614. The molecule has 1 heteroatoms. The van der Waals surface area contributed by atoms with Crippen molar-refractivity contribution in [1.82, 2.24) is 5.32 Å². The van der Waals surface area contributed by atoms with Crippen molar-refractivity contribution in [3.05, 3.63) is 70.8 Å². The number of aryl methyl sites for hydroxylation is 2. The molecule has 20 heavy (non-hydrogen) atoms. The third-order valence-electron chi connectivity index (χ3n) is 3.94. The molecule has 0 heterocycles. The molecule has 106 valence electrons. The van der Waals surface area contributed by atoms with Gasteiger partial charge < -0.3 is 5.32 Å². The van der Waals surface area contributed by atoms with Gasteiger partial charge in [-0.25, -0.2) is 0 Å². The van der Waals surface area contributed by atoms with E-state index in [4.69, 9.17) is 0 Å². The predicted octanol–water partition coefficient (Wildman–Crippen LogP) is 4.59. The van der Waals surface area contributed by atoms with Crippen LogP contribution in [0.25, 0.3) is 0 Å². The maximum Gasteiger partial charge on any atom is 0.0208 e. The molecule has 1 nitrogen and oxygen atoms in total. The Labute approximate surface area is 123 Å². The molecule has 0 aromatic heterocycles. The summed E-state index contributed by atoms with van der Waals surface area (Å²) in [5.74, 6) is 0.614. The number of nitrogens with one attached hydrogen (secondary N) is 1. The molecule has 1 N–H and O–H groups in total. The second-order valence-corrected chi connectivity index (χ2v) is 5.71. The monoisotopic (exact) mass is 267 g/mol. The third kappa shape index (κ3) is 4.21. The summed E-state index contributed by atoms with van der Waals surface area (Å²) in [7, 11) is 0. The summed E-state index contributed by atoms with van der Waals surface area (Å²) in [5.41, 5.74) is 5.56. The van der Waals surface area contributed by atoms with Gasteiger partial charge in [0.1, 0.15) is 0 Å². The first-order valence-corrected chi connectivity index (χ1v) is 7.48. The molecule has 2 aromatic carbocycles. The molecule has 0 aliphatic rings. The lowest BCUT2D eigenvalue weighted by Gasteiger charge is -2.13. The van der Waals surface area contributed by atoms with Crippen molar-refractivity contribution in [3.8, 4) is 0 Å². The molecule has 0 spiro atoms. The SMILES string of the molecule is Cc1ccc(CNCCC(C)c2ccccc2)c(C)c1. The summed E-state index contributed by atoms with van der Waals surface area (Å²) in [6.45, 7) is 8.66. The van der Waals surface area contributed by atoms with Crippen LogP contribution < -0.4 is 5.32 Å². The summed E-state index contributed by atoms with van der Waals surface area (Å²) in [6.07, 6.45) is 1.18. The van der Waals surface area contributed by atoms with Crippen LogP contribution in [0.15, 0.2) is 48.5 Å². The maximum atomic E-state index is 3.56. The lowest BCUT2D eigenvalue weighted by Crippen LogP contribution is -2.17. The fraction of sp³-hybridized carbons (Fsp3) is 0.368. The Hall–Kier alpha value is -1.60. The molecule has 0 aliphatic heterocycles. The summed E-state index contributed by atoms with van der Waals surface area (Å²) in [5, 5.41) is 3.56. The van der Waals surface area contributed by atoms with Gasteiger partial charge in [-0.1, -0.05) is 61.0 Å². The molecule has 0 saturated heterocycles. The minimum Gasteiger partial charge on any atom is -0.313 e. The lowest BCUT2D eigenvalue weighted by molar-refractivity contribution is 0.593. The van der Waals surface area contributed by atoms with Gasteiger partial charge in [-0.2, -0.15) is 0 Å². The Morgan fingerprint density at radius 3 is 2.45 bits per heavy atom. The molecule has 2 rings (SSSR count). The summed E-state index contributed by atoms with van der Waals surface area (Å²) in [4.78, 5) is 0. The zero-order chi connectivity index (χ0) is 14.4. The molecule has 1 unspecified atom stereocenters. The van der Waals surface area contributed by atoms with Crippen LogP contribution >= 0.6 is 0 Å². The first-order valence-electron chi connectivity index (χ1n) is 7.48. The van der Waals surface area contributed by atoms with E-state index in [0.717, 1.165) is 13.1 Å². The van der Waals surface area contributed by atoms with Crippen molar-refractivity contribution >= 4 is 0 Å². The van der Waals surface area contributed by atoms with E-state index in [2.05, 4.69) is 74.6 Å². The van der Waals surface area contributed by atoms with Crippen LogP contribution in [0.3, 0.4) is 0 Å². The van der Waals surface area contributed by atoms with E-state index in [1.807, 2.05) is 0 Å². The highest BCUT2D eigenvalue weighted by molar-refractivity contribution is 5.30. The highest BCUT2D eigenvalue weighted by Crippen LogP contribution is 2.17. The molecular weight excluding hydrogens is 242 g/mol. The molecular formula is C19H25N. The van der Waals surface area contributed by atoms with E-state index in [1.165, 1.54) is 28.7 Å². The van der Waals surface area contributed by atoms with Gasteiger partial charge in [0.25, 0.3) is 0 Å². The Kier molecular flexibility index (Phi) is 5.37. The van der Waals surface area contributed by atoms with Gasteiger partial charge in [-0.15, -0.1) is 0 Å². The Morgan fingerprint density at radius 1 is 1.00 bits per heavy atom. The lowest BCUT2D eigenvalue weighted by atomic mass is 9.98. The average Bonchev–Trinajstić information content (AvgIpc) is 2.46. The van der Waals surface area contributed by atoms with E-state index < -0.39 is 0 Å². The van der Waals surface area contributed by atoms with Crippen LogP contribution in [-0.4, -0.2) is 6.54 Å². The second-order valence-electron chi connectivity index (χ2n) is 5.71. The van der Waals surface area contributed by atoms with Crippen LogP contribution in [0.4, 0.5) is 0 Å². The molecule has 0 radical (unpaired) electrons. The molecule has 0 bridgehead atoms. The maximum absolute atomic E-state index is 3.56. The van der Waals surface area contributed by atoms with Crippen molar-refractivity contribution in [2.24, 2.45) is 0 Å². The summed E-state index contributed by atoms with van der Waals surface area (Å²) < 4.78 is 0. The van der Waals surface area contributed by atoms with Crippen molar-refractivity contribution in [2.75, 3.05) is 6.54 Å². The normalized spacial score (nSPS) is 12.3. The molecule has 2 aromatic rings. The quantitative estimate of drug-likeness (QED) is 0.755. The second kappa shape index (κ2) is 7.25. The zero-order valence-corrected chi connectivity index (χ0v) is 12.8. The molecule has 1 atom stereocenters. The van der Waals surface area contributed by atoms with Crippen LogP contribution in [0, 0.1) is 13.8 Å². The van der Waals surface area contributed by atoms with E-state index in [-0.39, 0.29) is 0 Å².